The van der Waals surface area contributed by atoms with E-state index in [0.29, 0.717) is 24.7 Å². The number of urea groups is 1. The van der Waals surface area contributed by atoms with Crippen LogP contribution in [-0.2, 0) is 19.6 Å². The van der Waals surface area contributed by atoms with Crippen LogP contribution in [0.3, 0.4) is 0 Å². The van der Waals surface area contributed by atoms with Crippen LogP contribution < -0.4 is 11.1 Å². The second kappa shape index (κ2) is 9.10. The maximum absolute atomic E-state index is 12.5. The van der Waals surface area contributed by atoms with E-state index in [1.165, 1.54) is 0 Å². The SMILES string of the molecule is CN(C)C(=O)N(Cc1ccc(Cl)cc1)Cc1ccc(CNC(=N)N)cc1. The molecule has 6 nitrogen and oxygen atoms in total. The smallest absolute Gasteiger partial charge is 0.320 e. The van der Waals surface area contributed by atoms with E-state index in [9.17, 15) is 4.79 Å². The van der Waals surface area contributed by atoms with Gasteiger partial charge in [-0.2, -0.15) is 0 Å². The summed E-state index contributed by atoms with van der Waals surface area (Å²) in [7, 11) is 3.49. The molecule has 0 aliphatic heterocycles. The number of rotatable bonds is 6. The minimum atomic E-state index is -0.0557. The Morgan fingerprint density at radius 3 is 1.92 bits per heavy atom. The summed E-state index contributed by atoms with van der Waals surface area (Å²) < 4.78 is 0. The van der Waals surface area contributed by atoms with Crippen molar-refractivity contribution in [1.29, 1.82) is 5.41 Å². The lowest BCUT2D eigenvalue weighted by atomic mass is 10.1. The number of guanidine groups is 1. The summed E-state index contributed by atoms with van der Waals surface area (Å²) >= 11 is 5.94. The Balaban J connectivity index is 2.09. The van der Waals surface area contributed by atoms with Crippen molar-refractivity contribution in [1.82, 2.24) is 15.1 Å². The van der Waals surface area contributed by atoms with E-state index in [0.717, 1.165) is 16.7 Å². The molecule has 2 amide bonds. The molecule has 2 aromatic rings. The molecule has 7 heteroatoms. The normalized spacial score (nSPS) is 10.3. The van der Waals surface area contributed by atoms with Crippen molar-refractivity contribution in [3.63, 3.8) is 0 Å². The molecule has 0 spiro atoms. The van der Waals surface area contributed by atoms with Crippen LogP contribution in [0.1, 0.15) is 16.7 Å². The lowest BCUT2D eigenvalue weighted by molar-refractivity contribution is 0.165. The predicted octanol–water partition coefficient (Wildman–Crippen LogP) is 3.01. The third-order valence-electron chi connectivity index (χ3n) is 3.82. The Morgan fingerprint density at radius 1 is 1.00 bits per heavy atom. The second-order valence-corrected chi connectivity index (χ2v) is 6.68. The summed E-state index contributed by atoms with van der Waals surface area (Å²) in [5.74, 6) is -0.0557. The van der Waals surface area contributed by atoms with Crippen molar-refractivity contribution in [3.05, 3.63) is 70.2 Å². The predicted molar refractivity (Wildman–Crippen MR) is 105 cm³/mol. The Bertz CT molecular complexity index is 744. The van der Waals surface area contributed by atoms with Crippen LogP contribution in [0.4, 0.5) is 4.79 Å². The molecule has 0 heterocycles. The standard InChI is InChI=1S/C19H24ClN5O/c1-24(2)19(26)25(13-16-7-9-17(20)10-8-16)12-15-5-3-14(4-6-15)11-23-18(21)22/h3-10H,11-13H2,1-2H3,(H4,21,22,23). The first-order valence-electron chi connectivity index (χ1n) is 8.21. The molecule has 2 aromatic carbocycles. The van der Waals surface area contributed by atoms with Crippen molar-refractivity contribution >= 4 is 23.6 Å². The molecule has 0 bridgehead atoms. The molecule has 0 saturated heterocycles. The van der Waals surface area contributed by atoms with E-state index in [-0.39, 0.29) is 12.0 Å². The number of carbonyl (C=O) groups is 1. The zero-order valence-electron chi connectivity index (χ0n) is 15.0. The highest BCUT2D eigenvalue weighted by Crippen LogP contribution is 2.15. The maximum Gasteiger partial charge on any atom is 0.320 e. The highest BCUT2D eigenvalue weighted by molar-refractivity contribution is 6.30. The summed E-state index contributed by atoms with van der Waals surface area (Å²) in [6, 6.07) is 15.3. The van der Waals surface area contributed by atoms with Gasteiger partial charge in [-0.15, -0.1) is 0 Å². The molecule has 0 unspecified atom stereocenters. The van der Waals surface area contributed by atoms with Crippen molar-refractivity contribution in [2.75, 3.05) is 14.1 Å². The number of hydrogen-bond donors (Lipinski definition) is 3. The van der Waals surface area contributed by atoms with Crippen molar-refractivity contribution in [3.8, 4) is 0 Å². The molecule has 0 saturated carbocycles. The Kier molecular flexibility index (Phi) is 6.86. The lowest BCUT2D eigenvalue weighted by Gasteiger charge is -2.26. The number of amides is 2. The van der Waals surface area contributed by atoms with E-state index in [1.54, 1.807) is 23.9 Å². The van der Waals surface area contributed by atoms with Gasteiger partial charge in [0.25, 0.3) is 0 Å². The van der Waals surface area contributed by atoms with Gasteiger partial charge in [-0.05, 0) is 28.8 Å². The maximum atomic E-state index is 12.5. The highest BCUT2D eigenvalue weighted by atomic mass is 35.5. The zero-order chi connectivity index (χ0) is 19.1. The molecule has 2 rings (SSSR count). The quantitative estimate of drug-likeness (QED) is 0.537. The molecule has 138 valence electrons. The third-order valence-corrected chi connectivity index (χ3v) is 4.07. The molecule has 0 radical (unpaired) electrons. The fraction of sp³-hybridized carbons (Fsp3) is 0.263. The van der Waals surface area contributed by atoms with Crippen LogP contribution >= 0.6 is 11.6 Å². The number of benzene rings is 2. The fourth-order valence-corrected chi connectivity index (χ4v) is 2.59. The molecule has 4 N–H and O–H groups in total. The highest BCUT2D eigenvalue weighted by Gasteiger charge is 2.16. The molecule has 0 fully saturated rings. The summed E-state index contributed by atoms with van der Waals surface area (Å²) in [6.45, 7) is 1.50. The second-order valence-electron chi connectivity index (χ2n) is 6.24. The van der Waals surface area contributed by atoms with Crippen molar-refractivity contribution in [2.24, 2.45) is 5.73 Å². The van der Waals surface area contributed by atoms with Gasteiger partial charge in [0.2, 0.25) is 0 Å². The summed E-state index contributed by atoms with van der Waals surface area (Å²) in [5, 5.41) is 10.6. The summed E-state index contributed by atoms with van der Waals surface area (Å²) in [5.41, 5.74) is 8.36. The number of nitrogens with zero attached hydrogens (tertiary/aromatic N) is 2. The van der Waals surface area contributed by atoms with E-state index in [1.807, 2.05) is 48.5 Å². The Morgan fingerprint density at radius 2 is 1.46 bits per heavy atom. The van der Waals surface area contributed by atoms with Gasteiger partial charge in [0, 0.05) is 38.8 Å². The van der Waals surface area contributed by atoms with E-state index in [4.69, 9.17) is 22.7 Å². The van der Waals surface area contributed by atoms with Gasteiger partial charge >= 0.3 is 6.03 Å². The Hall–Kier alpha value is -2.73. The van der Waals surface area contributed by atoms with Gasteiger partial charge in [-0.3, -0.25) is 5.41 Å². The van der Waals surface area contributed by atoms with Gasteiger partial charge in [-0.25, -0.2) is 4.79 Å². The average Bonchev–Trinajstić information content (AvgIpc) is 2.61. The lowest BCUT2D eigenvalue weighted by Crippen LogP contribution is -2.38. The molecule has 0 atom stereocenters. The van der Waals surface area contributed by atoms with E-state index >= 15 is 0 Å². The van der Waals surface area contributed by atoms with Crippen LogP contribution in [0, 0.1) is 5.41 Å². The van der Waals surface area contributed by atoms with Gasteiger partial charge in [0.1, 0.15) is 0 Å². The molecular weight excluding hydrogens is 350 g/mol. The van der Waals surface area contributed by atoms with Crippen LogP contribution in [0.5, 0.6) is 0 Å². The van der Waals surface area contributed by atoms with Crippen LogP contribution in [0.25, 0.3) is 0 Å². The topological polar surface area (TPSA) is 85.5 Å². The van der Waals surface area contributed by atoms with Crippen LogP contribution in [0.15, 0.2) is 48.5 Å². The van der Waals surface area contributed by atoms with Crippen molar-refractivity contribution < 1.29 is 4.79 Å². The van der Waals surface area contributed by atoms with Gasteiger partial charge in [-0.1, -0.05) is 48.0 Å². The van der Waals surface area contributed by atoms with Gasteiger partial charge in [0.05, 0.1) is 0 Å². The first kappa shape index (κ1) is 19.6. The number of halogens is 1. The van der Waals surface area contributed by atoms with Gasteiger partial charge in [0.15, 0.2) is 5.96 Å². The van der Waals surface area contributed by atoms with E-state index in [2.05, 4.69) is 5.32 Å². The summed E-state index contributed by atoms with van der Waals surface area (Å²) in [6.07, 6.45) is 0. The molecule has 0 aliphatic carbocycles. The number of nitrogens with one attached hydrogen (secondary N) is 2. The first-order valence-corrected chi connectivity index (χ1v) is 8.59. The van der Waals surface area contributed by atoms with Crippen LogP contribution in [-0.4, -0.2) is 35.9 Å². The first-order chi connectivity index (χ1) is 12.3. The molecule has 0 aromatic heterocycles. The van der Waals surface area contributed by atoms with Crippen LogP contribution in [0.2, 0.25) is 5.02 Å². The number of carbonyl (C=O) groups excluding carboxylic acids is 1. The largest absolute Gasteiger partial charge is 0.370 e. The monoisotopic (exact) mass is 373 g/mol. The number of hydrogen-bond acceptors (Lipinski definition) is 2. The summed E-state index contributed by atoms with van der Waals surface area (Å²) in [4.78, 5) is 15.9. The fourth-order valence-electron chi connectivity index (χ4n) is 2.46. The molecular formula is C19H24ClN5O. The van der Waals surface area contributed by atoms with E-state index < -0.39 is 0 Å². The minimum absolute atomic E-state index is 0.0535. The average molecular weight is 374 g/mol. The van der Waals surface area contributed by atoms with Crippen molar-refractivity contribution in [2.45, 2.75) is 19.6 Å². The number of nitrogens with two attached hydrogens (primary N) is 1. The molecule has 0 aliphatic rings. The Labute approximate surface area is 159 Å². The zero-order valence-corrected chi connectivity index (χ0v) is 15.8. The van der Waals surface area contributed by atoms with Gasteiger partial charge < -0.3 is 20.9 Å². The third kappa shape index (κ3) is 5.97. The minimum Gasteiger partial charge on any atom is -0.370 e. The molecule has 26 heavy (non-hydrogen) atoms.